The molecule has 1 aliphatic rings. The zero-order chi connectivity index (χ0) is 28.6. The molecule has 0 radical (unpaired) electrons. The Balaban J connectivity index is 1.71. The number of hydrogen-bond acceptors (Lipinski definition) is 9. The Morgan fingerprint density at radius 1 is 1.18 bits per heavy atom. The number of ether oxygens (including phenoxy) is 2. The third kappa shape index (κ3) is 4.82. The van der Waals surface area contributed by atoms with Crippen molar-refractivity contribution in [1.82, 2.24) is 19.0 Å². The van der Waals surface area contributed by atoms with Crippen molar-refractivity contribution in [2.45, 2.75) is 39.0 Å². The van der Waals surface area contributed by atoms with Gasteiger partial charge in [-0.1, -0.05) is 30.3 Å². The lowest BCUT2D eigenvalue weighted by Gasteiger charge is -2.29. The molecule has 3 aromatic heterocycles. The second kappa shape index (κ2) is 10.7. The summed E-state index contributed by atoms with van der Waals surface area (Å²) >= 11 is 1.13. The van der Waals surface area contributed by atoms with E-state index in [4.69, 9.17) is 13.9 Å². The summed E-state index contributed by atoms with van der Waals surface area (Å²) in [6, 6.07) is 8.93. The summed E-state index contributed by atoms with van der Waals surface area (Å²) in [5.41, 5.74) is -2.32. The summed E-state index contributed by atoms with van der Waals surface area (Å²) in [6.07, 6.45) is 1.37. The van der Waals surface area contributed by atoms with Crippen LogP contribution in [0, 0.1) is 6.92 Å². The van der Waals surface area contributed by atoms with Crippen molar-refractivity contribution >= 4 is 33.6 Å². The highest BCUT2D eigenvalue weighted by molar-refractivity contribution is 7.22. The maximum absolute atomic E-state index is 14.0. The van der Waals surface area contributed by atoms with Gasteiger partial charge in [0, 0.05) is 13.1 Å². The molecular weight excluding hydrogens is 540 g/mol. The molecule has 1 amide bonds. The first-order valence-electron chi connectivity index (χ1n) is 12.6. The summed E-state index contributed by atoms with van der Waals surface area (Å²) in [5.74, 6) is -1.09. The van der Waals surface area contributed by atoms with Crippen molar-refractivity contribution in [3.05, 3.63) is 74.8 Å². The molecule has 1 fully saturated rings. The molecule has 1 saturated heterocycles. The average molecular weight is 569 g/mol. The summed E-state index contributed by atoms with van der Waals surface area (Å²) in [5, 5.41) is 10.1. The van der Waals surface area contributed by atoms with Crippen molar-refractivity contribution in [3.8, 4) is 10.8 Å². The number of rotatable bonds is 7. The number of hydrogen-bond donors (Lipinski definition) is 1. The van der Waals surface area contributed by atoms with Crippen LogP contribution < -0.4 is 11.2 Å². The number of aryl methyl sites for hydroxylation is 1. The van der Waals surface area contributed by atoms with Crippen LogP contribution in [-0.2, 0) is 26.4 Å². The number of carboxylic acid groups (broad SMARTS) is 1. The van der Waals surface area contributed by atoms with Gasteiger partial charge in [-0.15, -0.1) is 11.3 Å². The molecule has 1 N–H and O–H groups in total. The van der Waals surface area contributed by atoms with Crippen LogP contribution in [0.5, 0.6) is 0 Å². The van der Waals surface area contributed by atoms with Crippen molar-refractivity contribution in [2.75, 3.05) is 26.3 Å². The molecule has 12 nitrogen and oxygen atoms in total. The number of carbonyl (C=O) groups excluding carboxylic acids is 1. The van der Waals surface area contributed by atoms with Crippen molar-refractivity contribution in [3.63, 3.8) is 0 Å². The zero-order valence-electron chi connectivity index (χ0n) is 22.2. The van der Waals surface area contributed by atoms with Crippen molar-refractivity contribution in [2.24, 2.45) is 0 Å². The number of carbonyl (C=O) groups is 2. The minimum atomic E-state index is -1.87. The summed E-state index contributed by atoms with van der Waals surface area (Å²) in [7, 11) is 0. The number of aliphatic carboxylic acids is 1. The van der Waals surface area contributed by atoms with Gasteiger partial charge < -0.3 is 23.9 Å². The first kappa shape index (κ1) is 27.3. The van der Waals surface area contributed by atoms with E-state index < -0.39 is 35.0 Å². The first-order chi connectivity index (χ1) is 19.1. The van der Waals surface area contributed by atoms with Gasteiger partial charge in [0.05, 0.1) is 36.2 Å². The molecule has 0 saturated carbocycles. The minimum Gasteiger partial charge on any atom is -0.480 e. The Hall–Kier alpha value is -4.23. The number of aromatic nitrogens is 3. The third-order valence-electron chi connectivity index (χ3n) is 6.95. The van der Waals surface area contributed by atoms with Crippen molar-refractivity contribution in [1.29, 1.82) is 0 Å². The average Bonchev–Trinajstić information content (AvgIpc) is 3.59. The number of carboxylic acids is 1. The number of thiophene rings is 1. The maximum Gasteiger partial charge on any atom is 0.410 e. The van der Waals surface area contributed by atoms with Gasteiger partial charge in [0.2, 0.25) is 5.89 Å². The molecule has 40 heavy (non-hydrogen) atoms. The van der Waals surface area contributed by atoms with E-state index in [9.17, 15) is 24.3 Å². The molecular formula is C27H28N4O8S. The predicted molar refractivity (Wildman–Crippen MR) is 146 cm³/mol. The zero-order valence-corrected chi connectivity index (χ0v) is 23.0. The molecule has 4 aromatic rings. The second-order valence-electron chi connectivity index (χ2n) is 9.85. The third-order valence-corrected chi connectivity index (χ3v) is 8.26. The SMILES string of the molecule is Cc1c(-c2ncco2)sc2c1c(=O)n(C(C)(C)C(=O)O)c(=O)n2C[C@H](OC(=O)N1CCOCC1)c1ccccc1. The van der Waals surface area contributed by atoms with E-state index in [1.807, 2.05) is 6.07 Å². The Bertz CT molecular complexity index is 1660. The van der Waals surface area contributed by atoms with Crippen LogP contribution in [-0.4, -0.2) is 62.5 Å². The monoisotopic (exact) mass is 568 g/mol. The van der Waals surface area contributed by atoms with Gasteiger partial charge in [0.25, 0.3) is 5.56 Å². The number of benzene rings is 1. The molecule has 0 unspecified atom stereocenters. The van der Waals surface area contributed by atoms with Gasteiger partial charge in [-0.3, -0.25) is 9.36 Å². The smallest absolute Gasteiger partial charge is 0.410 e. The quantitative estimate of drug-likeness (QED) is 0.355. The highest BCUT2D eigenvalue weighted by Crippen LogP contribution is 2.36. The standard InChI is InChI=1S/C27H28N4O8S/c1-16-19-22(32)31(27(2,3)24(33)34)25(35)30(23(19)40-20(16)21-28-9-12-38-21)15-18(17-7-5-4-6-8-17)39-26(36)29-10-13-37-14-11-29/h4-9,12,18H,10-11,13-15H2,1-3H3,(H,33,34)/t18-/m0/s1. The van der Waals surface area contributed by atoms with Gasteiger partial charge in [-0.2, -0.15) is 0 Å². The fourth-order valence-electron chi connectivity index (χ4n) is 4.62. The molecule has 5 rings (SSSR count). The Labute approximate surface area is 232 Å². The van der Waals surface area contributed by atoms with Crippen LogP contribution in [0.1, 0.15) is 31.1 Å². The lowest BCUT2D eigenvalue weighted by molar-refractivity contribution is -0.146. The van der Waals surface area contributed by atoms with E-state index in [0.29, 0.717) is 47.1 Å². The fraction of sp³-hybridized carbons (Fsp3) is 0.370. The Morgan fingerprint density at radius 3 is 2.50 bits per heavy atom. The van der Waals surface area contributed by atoms with Crippen LogP contribution in [0.2, 0.25) is 0 Å². The minimum absolute atomic E-state index is 0.165. The number of fused-ring (bicyclic) bond motifs is 1. The van der Waals surface area contributed by atoms with Gasteiger partial charge in [-0.25, -0.2) is 23.9 Å². The van der Waals surface area contributed by atoms with E-state index in [2.05, 4.69) is 4.98 Å². The van der Waals surface area contributed by atoms with Gasteiger partial charge >= 0.3 is 17.8 Å². The Kier molecular flexibility index (Phi) is 7.34. The Morgan fingerprint density at radius 2 is 1.88 bits per heavy atom. The van der Waals surface area contributed by atoms with Crippen LogP contribution in [0.4, 0.5) is 4.79 Å². The fourth-order valence-corrected chi connectivity index (χ4v) is 5.86. The summed E-state index contributed by atoms with van der Waals surface area (Å²) in [4.78, 5) is 59.6. The topological polar surface area (TPSA) is 146 Å². The summed E-state index contributed by atoms with van der Waals surface area (Å²) in [6.45, 7) is 5.61. The normalized spacial score (nSPS) is 14.8. The highest BCUT2D eigenvalue weighted by atomic mass is 32.1. The number of morpholine rings is 1. The first-order valence-corrected chi connectivity index (χ1v) is 13.4. The molecule has 0 spiro atoms. The van der Waals surface area contributed by atoms with Crippen LogP contribution in [0.15, 0.2) is 56.8 Å². The molecule has 210 valence electrons. The molecule has 1 aromatic carbocycles. The lowest BCUT2D eigenvalue weighted by atomic mass is 10.1. The van der Waals surface area contributed by atoms with E-state index >= 15 is 0 Å². The molecule has 0 bridgehead atoms. The summed E-state index contributed by atoms with van der Waals surface area (Å²) < 4.78 is 18.8. The molecule has 13 heteroatoms. The molecule has 0 aliphatic carbocycles. The van der Waals surface area contributed by atoms with Gasteiger partial charge in [0.15, 0.2) is 0 Å². The van der Waals surface area contributed by atoms with E-state index in [0.717, 1.165) is 15.9 Å². The number of nitrogens with zero attached hydrogens (tertiary/aromatic N) is 4. The predicted octanol–water partition coefficient (Wildman–Crippen LogP) is 3.22. The second-order valence-corrected chi connectivity index (χ2v) is 10.9. The lowest BCUT2D eigenvalue weighted by Crippen LogP contribution is -2.52. The molecule has 1 aliphatic heterocycles. The number of amides is 1. The van der Waals surface area contributed by atoms with E-state index in [-0.39, 0.29) is 17.8 Å². The van der Waals surface area contributed by atoms with E-state index in [1.54, 1.807) is 31.2 Å². The molecule has 4 heterocycles. The van der Waals surface area contributed by atoms with Gasteiger partial charge in [-0.05, 0) is 31.9 Å². The van der Waals surface area contributed by atoms with Crippen LogP contribution in [0.3, 0.4) is 0 Å². The maximum atomic E-state index is 14.0. The highest BCUT2D eigenvalue weighted by Gasteiger charge is 2.36. The van der Waals surface area contributed by atoms with Crippen LogP contribution >= 0.6 is 11.3 Å². The largest absolute Gasteiger partial charge is 0.480 e. The van der Waals surface area contributed by atoms with E-state index in [1.165, 1.54) is 35.8 Å². The number of oxazole rings is 1. The van der Waals surface area contributed by atoms with Gasteiger partial charge in [0.1, 0.15) is 22.7 Å². The van der Waals surface area contributed by atoms with Crippen molar-refractivity contribution < 1.29 is 28.6 Å². The molecule has 1 atom stereocenters. The van der Waals surface area contributed by atoms with Crippen LogP contribution in [0.25, 0.3) is 21.0 Å².